The molecule has 8 heteroatoms. The minimum absolute atomic E-state index is 0.0353. The summed E-state index contributed by atoms with van der Waals surface area (Å²) in [7, 11) is -4.04. The number of hydrogen-bond donors (Lipinski definition) is 2. The quantitative estimate of drug-likeness (QED) is 0.863. The van der Waals surface area contributed by atoms with Gasteiger partial charge in [-0.25, -0.2) is 13.6 Å². The number of carbonyl (C=O) groups is 1. The van der Waals surface area contributed by atoms with Crippen molar-refractivity contribution in [2.75, 3.05) is 6.54 Å². The second-order valence-corrected chi connectivity index (χ2v) is 6.85. The van der Waals surface area contributed by atoms with Crippen LogP contribution in [0.4, 0.5) is 0 Å². The van der Waals surface area contributed by atoms with Crippen LogP contribution in [-0.2, 0) is 10.0 Å². The van der Waals surface area contributed by atoms with Crippen LogP contribution in [0.25, 0.3) is 0 Å². The van der Waals surface area contributed by atoms with Crippen molar-refractivity contribution >= 4 is 39.1 Å². The highest BCUT2D eigenvalue weighted by Gasteiger charge is 2.19. The van der Waals surface area contributed by atoms with E-state index in [1.807, 2.05) is 13.8 Å². The molecule has 0 spiro atoms. The normalized spacial score (nSPS) is 13.1. The molecule has 1 unspecified atom stereocenters. The summed E-state index contributed by atoms with van der Waals surface area (Å²) in [6.45, 7) is 4.49. The number of amides is 1. The zero-order valence-corrected chi connectivity index (χ0v) is 13.4. The fraction of sp³-hybridized carbons (Fsp3) is 0.417. The molecule has 112 valence electrons. The molecule has 1 amide bonds. The number of hydrogen-bond acceptors (Lipinski definition) is 3. The highest BCUT2D eigenvalue weighted by Crippen LogP contribution is 2.30. The van der Waals surface area contributed by atoms with E-state index in [2.05, 4.69) is 5.32 Å². The maximum Gasteiger partial charge on any atom is 0.251 e. The van der Waals surface area contributed by atoms with E-state index in [0.29, 0.717) is 12.5 Å². The summed E-state index contributed by atoms with van der Waals surface area (Å²) in [4.78, 5) is 11.6. The number of nitrogens with two attached hydrogens (primary N) is 1. The molecule has 0 heterocycles. The second kappa shape index (κ2) is 6.76. The minimum atomic E-state index is -4.04. The van der Waals surface area contributed by atoms with Crippen LogP contribution in [0.3, 0.4) is 0 Å². The molecule has 1 aromatic carbocycles. The number of nitrogens with one attached hydrogen (secondary N) is 1. The Bertz CT molecular complexity index is 617. The van der Waals surface area contributed by atoms with Gasteiger partial charge in [-0.15, -0.1) is 0 Å². The van der Waals surface area contributed by atoms with Gasteiger partial charge in [-0.2, -0.15) is 0 Å². The molecule has 1 atom stereocenters. The smallest absolute Gasteiger partial charge is 0.251 e. The number of sulfonamides is 1. The lowest BCUT2D eigenvalue weighted by molar-refractivity contribution is 0.0947. The van der Waals surface area contributed by atoms with Gasteiger partial charge in [-0.05, 0) is 18.1 Å². The molecule has 0 aliphatic carbocycles. The number of benzene rings is 1. The van der Waals surface area contributed by atoms with Crippen molar-refractivity contribution in [1.82, 2.24) is 5.32 Å². The zero-order valence-electron chi connectivity index (χ0n) is 11.1. The molecule has 0 radical (unpaired) electrons. The summed E-state index contributed by atoms with van der Waals surface area (Å²) >= 11 is 11.6. The van der Waals surface area contributed by atoms with Gasteiger partial charge in [0.05, 0.1) is 10.0 Å². The van der Waals surface area contributed by atoms with Gasteiger partial charge in [0.25, 0.3) is 5.91 Å². The zero-order chi connectivity index (χ0) is 15.5. The first-order valence-electron chi connectivity index (χ1n) is 5.96. The first-order chi connectivity index (χ1) is 9.16. The number of rotatable bonds is 5. The van der Waals surface area contributed by atoms with Gasteiger partial charge < -0.3 is 5.32 Å². The Morgan fingerprint density at radius 3 is 2.50 bits per heavy atom. The molecule has 0 saturated carbocycles. The minimum Gasteiger partial charge on any atom is -0.352 e. The van der Waals surface area contributed by atoms with E-state index in [-0.39, 0.29) is 20.5 Å². The molecule has 0 bridgehead atoms. The van der Waals surface area contributed by atoms with Crippen LogP contribution in [0, 0.1) is 5.92 Å². The first-order valence-corrected chi connectivity index (χ1v) is 8.27. The molecular formula is C12H16Cl2N2O3S. The predicted octanol–water partition coefficient (Wildman–Crippen LogP) is 2.42. The standard InChI is InChI=1S/C12H16Cl2N2O3S/c1-3-7(2)6-16-12(17)8-4-9(13)11(14)10(5-8)20(15,18)19/h4-5,7H,3,6H2,1-2H3,(H,16,17)(H2,15,18,19). The van der Waals surface area contributed by atoms with Gasteiger partial charge in [0.1, 0.15) is 4.90 Å². The molecule has 0 fully saturated rings. The summed E-state index contributed by atoms with van der Waals surface area (Å²) in [5, 5.41) is 7.51. The first kappa shape index (κ1) is 17.2. The van der Waals surface area contributed by atoms with Gasteiger partial charge >= 0.3 is 0 Å². The molecule has 0 aliphatic rings. The average molecular weight is 339 g/mol. The second-order valence-electron chi connectivity index (χ2n) is 4.54. The number of halogens is 2. The third-order valence-corrected chi connectivity index (χ3v) is 4.72. The molecule has 0 saturated heterocycles. The SMILES string of the molecule is CCC(C)CNC(=O)c1cc(Cl)c(Cl)c(S(N)(=O)=O)c1. The monoisotopic (exact) mass is 338 g/mol. The van der Waals surface area contributed by atoms with Crippen molar-refractivity contribution in [2.24, 2.45) is 11.1 Å². The van der Waals surface area contributed by atoms with Crippen LogP contribution in [0.15, 0.2) is 17.0 Å². The van der Waals surface area contributed by atoms with Gasteiger partial charge in [0, 0.05) is 12.1 Å². The summed E-state index contributed by atoms with van der Waals surface area (Å²) < 4.78 is 22.8. The van der Waals surface area contributed by atoms with Crippen LogP contribution in [0.2, 0.25) is 10.0 Å². The van der Waals surface area contributed by atoms with Crippen LogP contribution in [-0.4, -0.2) is 20.9 Å². The highest BCUT2D eigenvalue weighted by molar-refractivity contribution is 7.89. The fourth-order valence-electron chi connectivity index (χ4n) is 1.42. The van der Waals surface area contributed by atoms with E-state index < -0.39 is 15.9 Å². The number of primary sulfonamides is 1. The lowest BCUT2D eigenvalue weighted by Crippen LogP contribution is -2.28. The molecule has 0 aliphatic heterocycles. The highest BCUT2D eigenvalue weighted by atomic mass is 35.5. The number of carbonyl (C=O) groups excluding carboxylic acids is 1. The van der Waals surface area contributed by atoms with E-state index in [1.165, 1.54) is 6.07 Å². The van der Waals surface area contributed by atoms with E-state index in [1.54, 1.807) is 0 Å². The molecule has 5 nitrogen and oxygen atoms in total. The Labute approximate surface area is 128 Å². The maximum atomic E-state index is 12.0. The predicted molar refractivity (Wildman–Crippen MR) is 79.6 cm³/mol. The molecule has 0 aromatic heterocycles. The Kier molecular flexibility index (Phi) is 5.82. The average Bonchev–Trinajstić information content (AvgIpc) is 2.36. The Balaban J connectivity index is 3.09. The summed E-state index contributed by atoms with van der Waals surface area (Å²) in [6.07, 6.45) is 0.921. The van der Waals surface area contributed by atoms with Gasteiger partial charge in [-0.1, -0.05) is 43.5 Å². The van der Waals surface area contributed by atoms with Crippen LogP contribution in [0.5, 0.6) is 0 Å². The topological polar surface area (TPSA) is 89.3 Å². The largest absolute Gasteiger partial charge is 0.352 e. The van der Waals surface area contributed by atoms with Crippen molar-refractivity contribution in [3.63, 3.8) is 0 Å². The summed E-state index contributed by atoms with van der Waals surface area (Å²) in [5.41, 5.74) is 0.103. The fourth-order valence-corrected chi connectivity index (χ4v) is 2.77. The van der Waals surface area contributed by atoms with Gasteiger partial charge in [0.15, 0.2) is 0 Å². The Hall–Kier alpha value is -0.820. The molecule has 1 rings (SSSR count). The van der Waals surface area contributed by atoms with Gasteiger partial charge in [-0.3, -0.25) is 4.79 Å². The van der Waals surface area contributed by atoms with E-state index in [4.69, 9.17) is 28.3 Å². The van der Waals surface area contributed by atoms with E-state index in [9.17, 15) is 13.2 Å². The van der Waals surface area contributed by atoms with Crippen molar-refractivity contribution in [3.05, 3.63) is 27.7 Å². The van der Waals surface area contributed by atoms with Crippen LogP contribution < -0.4 is 10.5 Å². The third-order valence-electron chi connectivity index (χ3n) is 2.87. The van der Waals surface area contributed by atoms with Crippen LogP contribution in [0.1, 0.15) is 30.6 Å². The molecular weight excluding hydrogens is 323 g/mol. The van der Waals surface area contributed by atoms with Gasteiger partial charge in [0.2, 0.25) is 10.0 Å². The molecule has 20 heavy (non-hydrogen) atoms. The summed E-state index contributed by atoms with van der Waals surface area (Å²) in [5.74, 6) is -0.104. The maximum absolute atomic E-state index is 12.0. The summed E-state index contributed by atoms with van der Waals surface area (Å²) in [6, 6.07) is 2.43. The molecule has 1 aromatic rings. The lowest BCUT2D eigenvalue weighted by atomic mass is 10.1. The van der Waals surface area contributed by atoms with Crippen molar-refractivity contribution in [2.45, 2.75) is 25.2 Å². The Morgan fingerprint density at radius 2 is 2.00 bits per heavy atom. The van der Waals surface area contributed by atoms with E-state index >= 15 is 0 Å². The lowest BCUT2D eigenvalue weighted by Gasteiger charge is -2.12. The van der Waals surface area contributed by atoms with Crippen LogP contribution >= 0.6 is 23.2 Å². The molecule has 3 N–H and O–H groups in total. The van der Waals surface area contributed by atoms with E-state index in [0.717, 1.165) is 12.5 Å². The van der Waals surface area contributed by atoms with Crippen molar-refractivity contribution in [3.8, 4) is 0 Å². The van der Waals surface area contributed by atoms with Crippen molar-refractivity contribution < 1.29 is 13.2 Å². The Morgan fingerprint density at radius 1 is 1.40 bits per heavy atom. The third kappa shape index (κ3) is 4.34. The van der Waals surface area contributed by atoms with Crippen molar-refractivity contribution in [1.29, 1.82) is 0 Å².